The van der Waals surface area contributed by atoms with Crippen molar-refractivity contribution < 1.29 is 18.3 Å². The first-order chi connectivity index (χ1) is 15.6. The van der Waals surface area contributed by atoms with Gasteiger partial charge in [-0.2, -0.15) is 8.78 Å². The van der Waals surface area contributed by atoms with Crippen LogP contribution < -0.4 is 10.1 Å². The average Bonchev–Trinajstić information content (AvgIpc) is 3.27. The molecule has 1 N–H and O–H groups in total. The van der Waals surface area contributed by atoms with E-state index >= 15 is 0 Å². The molecule has 0 aliphatic rings. The highest BCUT2D eigenvalue weighted by molar-refractivity contribution is 7.13. The standard InChI is InChI=1S/C25H20F2N2O2S/c26-25(27)31-21-13-11-18(12-14-21)23(17-7-3-1-4-8-17)29-22(30)15-20-16-32-24(28-20)19-9-5-2-6-10-19/h1-14,16,23,25H,15H2,(H,29,30). The molecule has 1 aromatic heterocycles. The van der Waals surface area contributed by atoms with Crippen LogP contribution in [0.3, 0.4) is 0 Å². The number of hydrogen-bond acceptors (Lipinski definition) is 4. The molecule has 0 saturated heterocycles. The van der Waals surface area contributed by atoms with Gasteiger partial charge in [0.25, 0.3) is 0 Å². The highest BCUT2D eigenvalue weighted by Gasteiger charge is 2.18. The highest BCUT2D eigenvalue weighted by Crippen LogP contribution is 2.26. The maximum absolute atomic E-state index is 12.9. The summed E-state index contributed by atoms with van der Waals surface area (Å²) in [6.07, 6.45) is 0.138. The molecule has 4 rings (SSSR count). The van der Waals surface area contributed by atoms with Gasteiger partial charge in [-0.25, -0.2) is 4.98 Å². The van der Waals surface area contributed by atoms with Crippen LogP contribution in [0.5, 0.6) is 5.75 Å². The van der Waals surface area contributed by atoms with Crippen molar-refractivity contribution in [3.63, 3.8) is 0 Å². The molecule has 0 aliphatic carbocycles. The summed E-state index contributed by atoms with van der Waals surface area (Å²) < 4.78 is 29.3. The van der Waals surface area contributed by atoms with Gasteiger partial charge in [0.15, 0.2) is 0 Å². The van der Waals surface area contributed by atoms with Gasteiger partial charge in [-0.3, -0.25) is 4.79 Å². The molecule has 1 amide bonds. The van der Waals surface area contributed by atoms with E-state index in [-0.39, 0.29) is 18.1 Å². The normalized spacial score (nSPS) is 11.8. The third-order valence-electron chi connectivity index (χ3n) is 4.79. The molecule has 0 fully saturated rings. The van der Waals surface area contributed by atoms with E-state index in [9.17, 15) is 13.6 Å². The minimum atomic E-state index is -2.88. The van der Waals surface area contributed by atoms with Gasteiger partial charge in [-0.05, 0) is 23.3 Å². The summed E-state index contributed by atoms with van der Waals surface area (Å²) in [6.45, 7) is -2.88. The molecule has 4 aromatic rings. The van der Waals surface area contributed by atoms with Crippen molar-refractivity contribution in [2.75, 3.05) is 0 Å². The maximum atomic E-state index is 12.9. The minimum Gasteiger partial charge on any atom is -0.435 e. The van der Waals surface area contributed by atoms with E-state index < -0.39 is 12.7 Å². The summed E-state index contributed by atoms with van der Waals surface area (Å²) in [5, 5.41) is 5.79. The number of ether oxygens (including phenoxy) is 1. The smallest absolute Gasteiger partial charge is 0.387 e. The Morgan fingerprint density at radius 2 is 1.53 bits per heavy atom. The first-order valence-electron chi connectivity index (χ1n) is 9.97. The Morgan fingerprint density at radius 3 is 2.19 bits per heavy atom. The van der Waals surface area contributed by atoms with Gasteiger partial charge in [0.2, 0.25) is 5.91 Å². The number of amides is 1. The molecule has 7 heteroatoms. The van der Waals surface area contributed by atoms with Crippen LogP contribution in [0.2, 0.25) is 0 Å². The molecule has 32 heavy (non-hydrogen) atoms. The fraction of sp³-hybridized carbons (Fsp3) is 0.120. The third-order valence-corrected chi connectivity index (χ3v) is 5.73. The zero-order chi connectivity index (χ0) is 22.3. The topological polar surface area (TPSA) is 51.2 Å². The van der Waals surface area contributed by atoms with Crippen LogP contribution in [0.25, 0.3) is 10.6 Å². The molecule has 0 radical (unpaired) electrons. The van der Waals surface area contributed by atoms with E-state index in [1.165, 1.54) is 23.5 Å². The predicted molar refractivity (Wildman–Crippen MR) is 121 cm³/mol. The van der Waals surface area contributed by atoms with Gasteiger partial charge in [0.05, 0.1) is 18.2 Å². The van der Waals surface area contributed by atoms with Crippen molar-refractivity contribution in [1.29, 1.82) is 0 Å². The Bertz CT molecular complexity index is 1150. The van der Waals surface area contributed by atoms with Gasteiger partial charge < -0.3 is 10.1 Å². The predicted octanol–water partition coefficient (Wildman–Crippen LogP) is 5.86. The van der Waals surface area contributed by atoms with Crippen molar-refractivity contribution in [2.45, 2.75) is 19.1 Å². The summed E-state index contributed by atoms with van der Waals surface area (Å²) in [7, 11) is 0. The summed E-state index contributed by atoms with van der Waals surface area (Å²) in [6, 6.07) is 25.1. The number of halogens is 2. The molecule has 162 valence electrons. The number of rotatable bonds is 8. The lowest BCUT2D eigenvalue weighted by molar-refractivity contribution is -0.121. The lowest BCUT2D eigenvalue weighted by Gasteiger charge is -2.20. The SMILES string of the molecule is O=C(Cc1csc(-c2ccccc2)n1)NC(c1ccccc1)c1ccc(OC(F)F)cc1. The van der Waals surface area contributed by atoms with Gasteiger partial charge >= 0.3 is 6.61 Å². The molecule has 3 aromatic carbocycles. The van der Waals surface area contributed by atoms with Crippen molar-refractivity contribution in [2.24, 2.45) is 0 Å². The van der Waals surface area contributed by atoms with Crippen molar-refractivity contribution >= 4 is 17.2 Å². The van der Waals surface area contributed by atoms with Crippen molar-refractivity contribution in [3.8, 4) is 16.3 Å². The monoisotopic (exact) mass is 450 g/mol. The molecule has 4 nitrogen and oxygen atoms in total. The number of nitrogens with zero attached hydrogens (tertiary/aromatic N) is 1. The molecule has 1 unspecified atom stereocenters. The van der Waals surface area contributed by atoms with Crippen LogP contribution in [-0.2, 0) is 11.2 Å². The summed E-state index contributed by atoms with van der Waals surface area (Å²) in [5.41, 5.74) is 3.34. The number of alkyl halides is 2. The van der Waals surface area contributed by atoms with E-state index in [2.05, 4.69) is 15.0 Å². The molecular formula is C25H20F2N2O2S. The molecular weight excluding hydrogens is 430 g/mol. The van der Waals surface area contributed by atoms with Crippen LogP contribution in [0.4, 0.5) is 8.78 Å². The molecule has 0 saturated carbocycles. The Labute approximate surface area is 188 Å². The quantitative estimate of drug-likeness (QED) is 0.366. The minimum absolute atomic E-state index is 0.0674. The van der Waals surface area contributed by atoms with Gasteiger partial charge in [0, 0.05) is 10.9 Å². The number of nitrogens with one attached hydrogen (secondary N) is 1. The zero-order valence-corrected chi connectivity index (χ0v) is 17.8. The van der Waals surface area contributed by atoms with Crippen LogP contribution in [0.1, 0.15) is 22.9 Å². The Hall–Kier alpha value is -3.58. The average molecular weight is 451 g/mol. The molecule has 1 atom stereocenters. The number of thiazole rings is 1. The zero-order valence-electron chi connectivity index (χ0n) is 16.9. The van der Waals surface area contributed by atoms with Gasteiger partial charge in [0.1, 0.15) is 10.8 Å². The molecule has 0 aliphatic heterocycles. The van der Waals surface area contributed by atoms with E-state index in [1.54, 1.807) is 12.1 Å². The Balaban J connectivity index is 1.50. The van der Waals surface area contributed by atoms with Crippen molar-refractivity contribution in [3.05, 3.63) is 107 Å². The first-order valence-corrected chi connectivity index (χ1v) is 10.9. The van der Waals surface area contributed by atoms with Crippen LogP contribution in [0, 0.1) is 0 Å². The van der Waals surface area contributed by atoms with Crippen molar-refractivity contribution in [1.82, 2.24) is 10.3 Å². The molecule has 1 heterocycles. The number of carbonyl (C=O) groups is 1. The number of hydrogen-bond donors (Lipinski definition) is 1. The summed E-state index contributed by atoms with van der Waals surface area (Å²) in [5.74, 6) is -0.116. The fourth-order valence-corrected chi connectivity index (χ4v) is 4.15. The van der Waals surface area contributed by atoms with Gasteiger partial charge in [-0.15, -0.1) is 11.3 Å². The third kappa shape index (κ3) is 5.56. The van der Waals surface area contributed by atoms with Crippen LogP contribution in [0.15, 0.2) is 90.3 Å². The molecule has 0 spiro atoms. The van der Waals surface area contributed by atoms with Gasteiger partial charge in [-0.1, -0.05) is 72.8 Å². The number of aromatic nitrogens is 1. The largest absolute Gasteiger partial charge is 0.435 e. The van der Waals surface area contributed by atoms with Crippen LogP contribution in [-0.4, -0.2) is 17.5 Å². The second-order valence-electron chi connectivity index (χ2n) is 7.05. The first kappa shape index (κ1) is 21.6. The molecule has 0 bridgehead atoms. The highest BCUT2D eigenvalue weighted by atomic mass is 32.1. The van der Waals surface area contributed by atoms with E-state index in [0.717, 1.165) is 21.7 Å². The van der Waals surface area contributed by atoms with Crippen LogP contribution >= 0.6 is 11.3 Å². The Morgan fingerprint density at radius 1 is 0.906 bits per heavy atom. The summed E-state index contributed by atoms with van der Waals surface area (Å²) >= 11 is 1.50. The fourth-order valence-electron chi connectivity index (χ4n) is 3.32. The van der Waals surface area contributed by atoms with E-state index in [1.807, 2.05) is 66.0 Å². The number of carbonyl (C=O) groups excluding carboxylic acids is 1. The summed E-state index contributed by atoms with van der Waals surface area (Å²) in [4.78, 5) is 17.4. The maximum Gasteiger partial charge on any atom is 0.387 e. The number of benzene rings is 3. The second-order valence-corrected chi connectivity index (χ2v) is 7.90. The van der Waals surface area contributed by atoms with E-state index in [0.29, 0.717) is 5.69 Å². The second kappa shape index (κ2) is 10.2. The lowest BCUT2D eigenvalue weighted by atomic mass is 9.98. The lowest BCUT2D eigenvalue weighted by Crippen LogP contribution is -2.30. The Kier molecular flexibility index (Phi) is 6.87. The van der Waals surface area contributed by atoms with E-state index in [4.69, 9.17) is 0 Å².